The van der Waals surface area contributed by atoms with E-state index in [1.54, 1.807) is 6.92 Å². The number of thioether (sulfide) groups is 1. The SMILES string of the molecule is CCOC(=O)c1c(NC(=O)/C(C(C)=O)=C2/SC=C(c3ccccc3)N2c2ccccc2)sc2c1CCCC2=O. The number of ketones is 2. The molecule has 1 aliphatic heterocycles. The van der Waals surface area contributed by atoms with Gasteiger partial charge >= 0.3 is 5.97 Å². The van der Waals surface area contributed by atoms with Crippen molar-refractivity contribution in [2.75, 3.05) is 16.8 Å². The van der Waals surface area contributed by atoms with Gasteiger partial charge in [0.1, 0.15) is 15.6 Å². The van der Waals surface area contributed by atoms with Gasteiger partial charge in [-0.3, -0.25) is 14.4 Å². The zero-order chi connectivity index (χ0) is 27.5. The van der Waals surface area contributed by atoms with Crippen LogP contribution in [0.4, 0.5) is 10.7 Å². The predicted octanol–water partition coefficient (Wildman–Crippen LogP) is 6.43. The Kier molecular flexibility index (Phi) is 7.81. The van der Waals surface area contributed by atoms with E-state index in [-0.39, 0.29) is 28.5 Å². The van der Waals surface area contributed by atoms with Crippen LogP contribution in [0, 0.1) is 0 Å². The highest BCUT2D eigenvalue weighted by atomic mass is 32.2. The molecule has 2 aliphatic rings. The van der Waals surface area contributed by atoms with Gasteiger partial charge in [0.15, 0.2) is 11.6 Å². The van der Waals surface area contributed by atoms with Crippen molar-refractivity contribution in [3.8, 4) is 0 Å². The van der Waals surface area contributed by atoms with Gasteiger partial charge in [-0.1, -0.05) is 60.3 Å². The van der Waals surface area contributed by atoms with Crippen LogP contribution in [0.2, 0.25) is 0 Å². The Balaban J connectivity index is 1.59. The molecular formula is C30H26N2O5S2. The average molecular weight is 559 g/mol. The van der Waals surface area contributed by atoms with E-state index in [0.717, 1.165) is 28.3 Å². The van der Waals surface area contributed by atoms with Crippen molar-refractivity contribution in [3.63, 3.8) is 0 Å². The second kappa shape index (κ2) is 11.4. The van der Waals surface area contributed by atoms with E-state index in [4.69, 9.17) is 4.74 Å². The minimum absolute atomic E-state index is 0.0430. The highest BCUT2D eigenvalue weighted by Gasteiger charge is 2.35. The molecule has 198 valence electrons. The molecule has 1 aromatic heterocycles. The van der Waals surface area contributed by atoms with Crippen LogP contribution in [0.15, 0.2) is 76.7 Å². The number of rotatable bonds is 7. The Bertz CT molecular complexity index is 1520. The summed E-state index contributed by atoms with van der Waals surface area (Å²) in [7, 11) is 0. The molecule has 7 nitrogen and oxygen atoms in total. The molecule has 2 heterocycles. The first kappa shape index (κ1) is 26.6. The maximum atomic E-state index is 13.8. The fourth-order valence-electron chi connectivity index (χ4n) is 4.69. The van der Waals surface area contributed by atoms with E-state index >= 15 is 0 Å². The van der Waals surface area contributed by atoms with Crippen molar-refractivity contribution < 1.29 is 23.9 Å². The summed E-state index contributed by atoms with van der Waals surface area (Å²) >= 11 is 2.36. The highest BCUT2D eigenvalue weighted by Crippen LogP contribution is 2.45. The number of nitrogens with zero attached hydrogens (tertiary/aromatic N) is 1. The summed E-state index contributed by atoms with van der Waals surface area (Å²) in [6.45, 7) is 3.21. The largest absolute Gasteiger partial charge is 0.462 e. The van der Waals surface area contributed by atoms with Crippen LogP contribution in [0.25, 0.3) is 5.70 Å². The molecule has 0 atom stereocenters. The van der Waals surface area contributed by atoms with Gasteiger partial charge in [-0.15, -0.1) is 11.3 Å². The Labute approximate surface area is 234 Å². The van der Waals surface area contributed by atoms with Crippen LogP contribution < -0.4 is 10.2 Å². The second-order valence-electron chi connectivity index (χ2n) is 8.96. The van der Waals surface area contributed by atoms with Crippen molar-refractivity contribution >= 4 is 62.9 Å². The lowest BCUT2D eigenvalue weighted by atomic mass is 9.94. The average Bonchev–Trinajstić information content (AvgIpc) is 3.52. The lowest BCUT2D eigenvalue weighted by molar-refractivity contribution is -0.118. The molecule has 0 unspecified atom stereocenters. The molecule has 1 amide bonds. The first-order valence-electron chi connectivity index (χ1n) is 12.6. The van der Waals surface area contributed by atoms with Crippen LogP contribution in [0.1, 0.15) is 57.8 Å². The molecule has 5 rings (SSSR count). The standard InChI is InChI=1S/C30H26N2O5S2/c1-3-37-30(36)25-21-15-10-16-23(34)26(21)39-28(25)31-27(35)24(18(2)33)29-32(20-13-8-5-9-14-20)22(17-38-29)19-11-6-4-7-12-19/h4-9,11-14,17H,3,10,15-16H2,1-2H3,(H,31,35)/b29-24+. The molecule has 0 saturated heterocycles. The highest BCUT2D eigenvalue weighted by molar-refractivity contribution is 8.06. The third-order valence-electron chi connectivity index (χ3n) is 6.40. The van der Waals surface area contributed by atoms with Gasteiger partial charge in [0.2, 0.25) is 0 Å². The van der Waals surface area contributed by atoms with Crippen molar-refractivity contribution in [2.24, 2.45) is 0 Å². The molecule has 0 saturated carbocycles. The van der Waals surface area contributed by atoms with Gasteiger partial charge < -0.3 is 15.0 Å². The van der Waals surface area contributed by atoms with Gasteiger partial charge in [-0.25, -0.2) is 4.79 Å². The van der Waals surface area contributed by atoms with Crippen LogP contribution in [-0.4, -0.2) is 30.0 Å². The quantitative estimate of drug-likeness (QED) is 0.154. The van der Waals surface area contributed by atoms with Gasteiger partial charge in [0.05, 0.1) is 22.7 Å². The summed E-state index contributed by atoms with van der Waals surface area (Å²) in [6, 6.07) is 19.2. The van der Waals surface area contributed by atoms with E-state index < -0.39 is 17.7 Å². The molecular weight excluding hydrogens is 532 g/mol. The molecule has 1 aliphatic carbocycles. The van der Waals surface area contributed by atoms with Gasteiger partial charge in [0, 0.05) is 17.5 Å². The minimum atomic E-state index is -0.648. The van der Waals surface area contributed by atoms with Crippen molar-refractivity contribution in [3.05, 3.63) is 98.2 Å². The van der Waals surface area contributed by atoms with E-state index in [1.807, 2.05) is 71.0 Å². The number of para-hydroxylation sites is 1. The molecule has 3 aromatic rings. The first-order valence-corrected chi connectivity index (χ1v) is 14.3. The number of amides is 1. The summed E-state index contributed by atoms with van der Waals surface area (Å²) < 4.78 is 5.26. The fourth-order valence-corrected chi connectivity index (χ4v) is 7.01. The maximum absolute atomic E-state index is 13.8. The normalized spacial score (nSPS) is 15.9. The Morgan fingerprint density at radius 1 is 1.00 bits per heavy atom. The molecule has 0 spiro atoms. The van der Waals surface area contributed by atoms with Crippen LogP contribution in [0.3, 0.4) is 0 Å². The second-order valence-corrected chi connectivity index (χ2v) is 10.8. The smallest absolute Gasteiger partial charge is 0.341 e. The third-order valence-corrected chi connectivity index (χ3v) is 8.54. The summed E-state index contributed by atoms with van der Waals surface area (Å²) in [4.78, 5) is 54.7. The number of ether oxygens (including phenoxy) is 1. The predicted molar refractivity (Wildman–Crippen MR) is 155 cm³/mol. The van der Waals surface area contributed by atoms with E-state index in [0.29, 0.717) is 34.7 Å². The topological polar surface area (TPSA) is 92.8 Å². The van der Waals surface area contributed by atoms with E-state index in [1.165, 1.54) is 18.7 Å². The summed E-state index contributed by atoms with van der Waals surface area (Å²) in [5.74, 6) is -1.72. The lowest BCUT2D eigenvalue weighted by Gasteiger charge is -2.25. The number of carbonyl (C=O) groups excluding carboxylic acids is 4. The Morgan fingerprint density at radius 2 is 1.69 bits per heavy atom. The van der Waals surface area contributed by atoms with Gasteiger partial charge in [0.25, 0.3) is 5.91 Å². The minimum Gasteiger partial charge on any atom is -0.462 e. The number of esters is 1. The number of anilines is 2. The van der Waals surface area contributed by atoms with Crippen molar-refractivity contribution in [1.82, 2.24) is 0 Å². The zero-order valence-electron chi connectivity index (χ0n) is 21.5. The fraction of sp³-hybridized carbons (Fsp3) is 0.200. The first-order chi connectivity index (χ1) is 18.9. The zero-order valence-corrected chi connectivity index (χ0v) is 23.1. The monoisotopic (exact) mass is 558 g/mol. The van der Waals surface area contributed by atoms with Crippen molar-refractivity contribution in [1.29, 1.82) is 0 Å². The summed E-state index contributed by atoms with van der Waals surface area (Å²) in [5, 5.41) is 5.40. The van der Waals surface area contributed by atoms with E-state index in [9.17, 15) is 19.2 Å². The number of hydrogen-bond acceptors (Lipinski definition) is 8. The Morgan fingerprint density at radius 3 is 2.36 bits per heavy atom. The molecule has 0 fully saturated rings. The molecule has 39 heavy (non-hydrogen) atoms. The molecule has 1 N–H and O–H groups in total. The number of carbonyl (C=O) groups is 4. The summed E-state index contributed by atoms with van der Waals surface area (Å²) in [5.41, 5.74) is 3.32. The van der Waals surface area contributed by atoms with Crippen LogP contribution in [-0.2, 0) is 20.7 Å². The van der Waals surface area contributed by atoms with Crippen molar-refractivity contribution in [2.45, 2.75) is 33.1 Å². The number of thiophene rings is 1. The van der Waals surface area contributed by atoms with E-state index in [2.05, 4.69) is 5.32 Å². The number of benzene rings is 2. The Hall–Kier alpha value is -3.95. The maximum Gasteiger partial charge on any atom is 0.341 e. The number of nitrogens with one attached hydrogen (secondary N) is 1. The van der Waals surface area contributed by atoms with Crippen LogP contribution >= 0.6 is 23.1 Å². The summed E-state index contributed by atoms with van der Waals surface area (Å²) in [6.07, 6.45) is 1.56. The molecule has 2 aromatic carbocycles. The molecule has 9 heteroatoms. The molecule has 0 radical (unpaired) electrons. The third kappa shape index (κ3) is 5.20. The lowest BCUT2D eigenvalue weighted by Crippen LogP contribution is -2.26. The number of fused-ring (bicyclic) bond motifs is 1. The number of hydrogen-bond donors (Lipinski definition) is 1. The van der Waals surface area contributed by atoms with Crippen LogP contribution in [0.5, 0.6) is 0 Å². The van der Waals surface area contributed by atoms with Gasteiger partial charge in [-0.05, 0) is 49.9 Å². The van der Waals surface area contributed by atoms with Gasteiger partial charge in [-0.2, -0.15) is 0 Å². The number of Topliss-reactive ketones (excluding diaryl/α,β-unsaturated/α-hetero) is 2. The molecule has 0 bridgehead atoms.